The van der Waals surface area contributed by atoms with E-state index in [2.05, 4.69) is 22.2 Å². The Bertz CT molecular complexity index is 1240. The minimum atomic E-state index is -0.0822. The van der Waals surface area contributed by atoms with Crippen LogP contribution in [0, 0.1) is 6.92 Å². The fraction of sp³-hybridized carbons (Fsp3) is 0.250. The first-order valence-electron chi connectivity index (χ1n) is 10.3. The van der Waals surface area contributed by atoms with E-state index < -0.39 is 0 Å². The molecule has 7 heteroatoms. The number of aromatic nitrogens is 3. The SMILES string of the molecule is Cc1cc(C(=O)N(CCc2c[nH]c3ccccc23)Cc2ccc3c(c2)OCO3)nn1C. The topological polar surface area (TPSA) is 72.4 Å². The van der Waals surface area contributed by atoms with E-state index in [9.17, 15) is 4.79 Å². The van der Waals surface area contributed by atoms with E-state index >= 15 is 0 Å². The first-order valence-corrected chi connectivity index (χ1v) is 10.3. The lowest BCUT2D eigenvalue weighted by Gasteiger charge is -2.22. The number of carbonyl (C=O) groups is 1. The molecule has 0 saturated carbocycles. The van der Waals surface area contributed by atoms with Crippen LogP contribution in [0.4, 0.5) is 0 Å². The van der Waals surface area contributed by atoms with Gasteiger partial charge in [0.1, 0.15) is 0 Å². The van der Waals surface area contributed by atoms with E-state index in [4.69, 9.17) is 9.47 Å². The van der Waals surface area contributed by atoms with E-state index in [0.717, 1.165) is 34.7 Å². The lowest BCUT2D eigenvalue weighted by atomic mass is 10.1. The molecule has 7 nitrogen and oxygen atoms in total. The smallest absolute Gasteiger partial charge is 0.274 e. The third-order valence-corrected chi connectivity index (χ3v) is 5.76. The number of amides is 1. The number of rotatable bonds is 6. The van der Waals surface area contributed by atoms with Crippen molar-refractivity contribution >= 4 is 16.8 Å². The highest BCUT2D eigenvalue weighted by Crippen LogP contribution is 2.33. The van der Waals surface area contributed by atoms with Crippen LogP contribution in [0.25, 0.3) is 10.9 Å². The van der Waals surface area contributed by atoms with Crippen LogP contribution in [0.1, 0.15) is 27.3 Å². The highest BCUT2D eigenvalue weighted by molar-refractivity contribution is 5.92. The molecular formula is C24H24N4O3. The third-order valence-electron chi connectivity index (χ3n) is 5.76. The maximum absolute atomic E-state index is 13.4. The number of fused-ring (bicyclic) bond motifs is 2. The Morgan fingerprint density at radius 2 is 2.00 bits per heavy atom. The molecule has 0 spiro atoms. The van der Waals surface area contributed by atoms with E-state index in [1.54, 1.807) is 4.68 Å². The summed E-state index contributed by atoms with van der Waals surface area (Å²) in [5.41, 5.74) is 4.69. The van der Waals surface area contributed by atoms with Crippen LogP contribution in [0.3, 0.4) is 0 Å². The molecule has 5 rings (SSSR count). The van der Waals surface area contributed by atoms with Gasteiger partial charge in [-0.1, -0.05) is 24.3 Å². The highest BCUT2D eigenvalue weighted by Gasteiger charge is 2.21. The molecule has 1 aliphatic rings. The Morgan fingerprint density at radius 3 is 2.84 bits per heavy atom. The molecule has 1 aliphatic heterocycles. The number of hydrogen-bond acceptors (Lipinski definition) is 4. The predicted octanol–water partition coefficient (Wildman–Crippen LogP) is 3.82. The minimum absolute atomic E-state index is 0.0822. The van der Waals surface area contributed by atoms with Crippen molar-refractivity contribution in [2.45, 2.75) is 19.9 Å². The molecule has 0 fully saturated rings. The Balaban J connectivity index is 1.41. The van der Waals surface area contributed by atoms with E-state index in [1.165, 1.54) is 10.9 Å². The van der Waals surface area contributed by atoms with Gasteiger partial charge in [-0.15, -0.1) is 0 Å². The molecule has 0 aliphatic carbocycles. The number of aromatic amines is 1. The monoisotopic (exact) mass is 416 g/mol. The lowest BCUT2D eigenvalue weighted by molar-refractivity contribution is 0.0738. The van der Waals surface area contributed by atoms with Crippen LogP contribution in [0.2, 0.25) is 0 Å². The number of benzene rings is 2. The van der Waals surface area contributed by atoms with Crippen LogP contribution < -0.4 is 9.47 Å². The van der Waals surface area contributed by atoms with E-state index in [0.29, 0.717) is 18.8 Å². The van der Waals surface area contributed by atoms with Crippen molar-refractivity contribution in [1.82, 2.24) is 19.7 Å². The molecule has 1 amide bonds. The second-order valence-electron chi connectivity index (χ2n) is 7.82. The number of para-hydroxylation sites is 1. The molecule has 2 aromatic heterocycles. The zero-order valence-electron chi connectivity index (χ0n) is 17.6. The van der Waals surface area contributed by atoms with E-state index in [-0.39, 0.29) is 12.7 Å². The van der Waals surface area contributed by atoms with Crippen molar-refractivity contribution in [2.24, 2.45) is 7.05 Å². The number of nitrogens with zero attached hydrogens (tertiary/aromatic N) is 3. The van der Waals surface area contributed by atoms with E-state index in [1.807, 2.05) is 61.5 Å². The molecule has 0 atom stereocenters. The molecule has 2 aromatic carbocycles. The summed E-state index contributed by atoms with van der Waals surface area (Å²) in [5, 5.41) is 5.59. The second kappa shape index (κ2) is 7.83. The van der Waals surface area contributed by atoms with Crippen molar-refractivity contribution in [3.63, 3.8) is 0 Å². The fourth-order valence-electron chi connectivity index (χ4n) is 3.93. The van der Waals surface area contributed by atoms with Gasteiger partial charge in [-0.2, -0.15) is 5.10 Å². The van der Waals surface area contributed by atoms with Gasteiger partial charge in [-0.05, 0) is 48.7 Å². The van der Waals surface area contributed by atoms with Crippen LogP contribution in [0.5, 0.6) is 11.5 Å². The van der Waals surface area contributed by atoms with Crippen molar-refractivity contribution in [3.05, 3.63) is 77.2 Å². The van der Waals surface area contributed by atoms with Crippen molar-refractivity contribution in [1.29, 1.82) is 0 Å². The summed E-state index contributed by atoms with van der Waals surface area (Å²) < 4.78 is 12.6. The molecule has 0 saturated heterocycles. The summed E-state index contributed by atoms with van der Waals surface area (Å²) in [6.07, 6.45) is 2.77. The maximum Gasteiger partial charge on any atom is 0.274 e. The maximum atomic E-state index is 13.4. The standard InChI is InChI=1S/C24H24N4O3/c1-16-11-21(26-27(16)2)24(29)28(14-17-7-8-22-23(12-17)31-15-30-22)10-9-18-13-25-20-6-4-3-5-19(18)20/h3-8,11-13,25H,9-10,14-15H2,1-2H3. The van der Waals surface area contributed by atoms with Gasteiger partial charge in [-0.3, -0.25) is 9.48 Å². The summed E-state index contributed by atoms with van der Waals surface area (Å²) >= 11 is 0. The third kappa shape index (κ3) is 3.74. The highest BCUT2D eigenvalue weighted by atomic mass is 16.7. The molecule has 0 radical (unpaired) electrons. The van der Waals surface area contributed by atoms with Gasteiger partial charge in [0.15, 0.2) is 17.2 Å². The van der Waals surface area contributed by atoms with Crippen molar-refractivity contribution < 1.29 is 14.3 Å². The molecule has 0 bridgehead atoms. The van der Waals surface area contributed by atoms with Crippen LogP contribution in [-0.4, -0.2) is 38.9 Å². The molecule has 0 unspecified atom stereocenters. The van der Waals surface area contributed by atoms with Gasteiger partial charge in [-0.25, -0.2) is 0 Å². The Morgan fingerprint density at radius 1 is 1.16 bits per heavy atom. The van der Waals surface area contributed by atoms with Gasteiger partial charge in [0.05, 0.1) is 0 Å². The van der Waals surface area contributed by atoms with Gasteiger partial charge < -0.3 is 19.4 Å². The normalized spacial score (nSPS) is 12.5. The molecule has 158 valence electrons. The molecule has 1 N–H and O–H groups in total. The summed E-state index contributed by atoms with van der Waals surface area (Å²) in [7, 11) is 1.85. The lowest BCUT2D eigenvalue weighted by Crippen LogP contribution is -2.33. The van der Waals surface area contributed by atoms with Crippen LogP contribution >= 0.6 is 0 Å². The number of aryl methyl sites for hydroxylation is 2. The quantitative estimate of drug-likeness (QED) is 0.519. The number of ether oxygens (including phenoxy) is 2. The largest absolute Gasteiger partial charge is 0.454 e. The number of carbonyl (C=O) groups excluding carboxylic acids is 1. The first kappa shape index (κ1) is 19.2. The zero-order valence-corrected chi connectivity index (χ0v) is 17.6. The average Bonchev–Trinajstić information content (AvgIpc) is 3.49. The predicted molar refractivity (Wildman–Crippen MR) is 117 cm³/mol. The summed E-state index contributed by atoms with van der Waals surface area (Å²) in [5.74, 6) is 1.37. The van der Waals surface area contributed by atoms with Gasteiger partial charge in [0, 0.05) is 42.9 Å². The summed E-state index contributed by atoms with van der Waals surface area (Å²) in [4.78, 5) is 18.5. The molecule has 4 aromatic rings. The van der Waals surface area contributed by atoms with Crippen LogP contribution in [0.15, 0.2) is 54.7 Å². The van der Waals surface area contributed by atoms with Gasteiger partial charge in [0.2, 0.25) is 6.79 Å². The number of hydrogen-bond donors (Lipinski definition) is 1. The molecule has 31 heavy (non-hydrogen) atoms. The van der Waals surface area contributed by atoms with Crippen molar-refractivity contribution in [3.8, 4) is 11.5 Å². The Labute approximate surface area is 180 Å². The molecule has 3 heterocycles. The van der Waals surface area contributed by atoms with Gasteiger partial charge in [0.25, 0.3) is 5.91 Å². The second-order valence-corrected chi connectivity index (χ2v) is 7.82. The average molecular weight is 416 g/mol. The Hall–Kier alpha value is -3.74. The van der Waals surface area contributed by atoms with Crippen LogP contribution in [-0.2, 0) is 20.0 Å². The Kier molecular flexibility index (Phi) is 4.86. The zero-order chi connectivity index (χ0) is 21.4. The van der Waals surface area contributed by atoms with Crippen molar-refractivity contribution in [2.75, 3.05) is 13.3 Å². The minimum Gasteiger partial charge on any atom is -0.454 e. The summed E-state index contributed by atoms with van der Waals surface area (Å²) in [6, 6.07) is 15.9. The van der Waals surface area contributed by atoms with Gasteiger partial charge >= 0.3 is 0 Å². The number of nitrogens with one attached hydrogen (secondary N) is 1. The molecular weight excluding hydrogens is 392 g/mol. The number of H-pyrrole nitrogens is 1. The fourth-order valence-corrected chi connectivity index (χ4v) is 3.93. The first-order chi connectivity index (χ1) is 15.1. The summed E-state index contributed by atoms with van der Waals surface area (Å²) in [6.45, 7) is 3.21.